The number of aromatic carboxylic acids is 1. The minimum absolute atomic E-state index is 0.196. The highest BCUT2D eigenvalue weighted by molar-refractivity contribution is 5.86. The Labute approximate surface area is 152 Å². The lowest BCUT2D eigenvalue weighted by atomic mass is 9.89. The zero-order valence-corrected chi connectivity index (χ0v) is 16.3. The van der Waals surface area contributed by atoms with Crippen molar-refractivity contribution in [3.05, 3.63) is 18.0 Å². The van der Waals surface area contributed by atoms with E-state index in [1.165, 1.54) is 74.9 Å². The second kappa shape index (κ2) is 12.1. The molecule has 25 heavy (non-hydrogen) atoms. The maximum Gasteiger partial charge on any atom is 0.338 e. The van der Waals surface area contributed by atoms with E-state index in [4.69, 9.17) is 9.84 Å². The van der Waals surface area contributed by atoms with Crippen molar-refractivity contribution in [2.75, 3.05) is 6.61 Å². The fourth-order valence-corrected chi connectivity index (χ4v) is 2.80. The highest BCUT2D eigenvalue weighted by Crippen LogP contribution is 2.22. The van der Waals surface area contributed by atoms with E-state index in [0.29, 0.717) is 18.8 Å². The Hall–Kier alpha value is -1.36. The van der Waals surface area contributed by atoms with Gasteiger partial charge in [0, 0.05) is 12.8 Å². The van der Waals surface area contributed by atoms with Gasteiger partial charge in [-0.05, 0) is 18.3 Å². The lowest BCUT2D eigenvalue weighted by Crippen LogP contribution is -2.04. The fourth-order valence-electron chi connectivity index (χ4n) is 2.80. The molecule has 0 radical (unpaired) electrons. The summed E-state index contributed by atoms with van der Waals surface area (Å²) in [6, 6.07) is 0. The van der Waals surface area contributed by atoms with Gasteiger partial charge in [-0.1, -0.05) is 72.1 Å². The molecule has 0 saturated carbocycles. The van der Waals surface area contributed by atoms with Crippen LogP contribution in [0.3, 0.4) is 0 Å². The third-order valence-corrected chi connectivity index (χ3v) is 4.32. The average molecular weight is 353 g/mol. The summed E-state index contributed by atoms with van der Waals surface area (Å²) in [7, 11) is 0. The summed E-state index contributed by atoms with van der Waals surface area (Å²) in [5.41, 5.74) is 0.680. The molecule has 0 aliphatic carbocycles. The van der Waals surface area contributed by atoms with E-state index in [2.05, 4.69) is 25.9 Å². The topological polar surface area (TPSA) is 64.3 Å². The van der Waals surface area contributed by atoms with Gasteiger partial charge in [0.05, 0.1) is 11.8 Å². The summed E-state index contributed by atoms with van der Waals surface area (Å²) >= 11 is 0. The van der Waals surface area contributed by atoms with Gasteiger partial charge in [0.2, 0.25) is 0 Å². The predicted octanol–water partition coefficient (Wildman–Crippen LogP) is 5.50. The van der Waals surface area contributed by atoms with Gasteiger partial charge in [-0.2, -0.15) is 5.10 Å². The summed E-state index contributed by atoms with van der Waals surface area (Å²) in [6.45, 7) is 7.98. The quantitative estimate of drug-likeness (QED) is 0.449. The van der Waals surface area contributed by atoms with Crippen LogP contribution in [0.5, 0.6) is 0 Å². The number of rotatable bonds is 14. The fraction of sp³-hybridized carbons (Fsp3) is 0.800. The normalized spacial score (nSPS) is 11.8. The van der Waals surface area contributed by atoms with Gasteiger partial charge in [-0.25, -0.2) is 9.48 Å². The van der Waals surface area contributed by atoms with Crippen LogP contribution in [-0.2, 0) is 11.5 Å². The first-order chi connectivity index (χ1) is 11.9. The van der Waals surface area contributed by atoms with E-state index in [-0.39, 0.29) is 5.56 Å². The molecular formula is C20H36N2O3. The van der Waals surface area contributed by atoms with Gasteiger partial charge >= 0.3 is 5.97 Å². The molecule has 144 valence electrons. The maximum atomic E-state index is 10.7. The number of hydrogen-bond acceptors (Lipinski definition) is 3. The van der Waals surface area contributed by atoms with Crippen molar-refractivity contribution in [2.45, 2.75) is 91.7 Å². The highest BCUT2D eigenvalue weighted by atomic mass is 16.5. The first-order valence-electron chi connectivity index (χ1n) is 9.72. The molecule has 0 bridgehead atoms. The van der Waals surface area contributed by atoms with Gasteiger partial charge in [-0.15, -0.1) is 0 Å². The molecule has 1 heterocycles. The molecule has 1 N–H and O–H groups in total. The van der Waals surface area contributed by atoms with Crippen LogP contribution in [0.25, 0.3) is 0 Å². The molecule has 0 atom stereocenters. The molecule has 1 aromatic rings. The Bertz CT molecular complexity index is 478. The molecule has 0 amide bonds. The molecule has 5 nitrogen and oxygen atoms in total. The van der Waals surface area contributed by atoms with Gasteiger partial charge in [-0.3, -0.25) is 0 Å². The van der Waals surface area contributed by atoms with Crippen molar-refractivity contribution in [1.29, 1.82) is 0 Å². The summed E-state index contributed by atoms with van der Waals surface area (Å²) in [5, 5.41) is 12.8. The standard InChI is InChI=1S/C20H36N2O3/c1-20(2,3)13-11-9-7-5-4-6-8-10-12-14-25-17-22-16-18(15-21-22)19(23)24/h15-16H,4-14,17H2,1-3H3,(H,23,24). The van der Waals surface area contributed by atoms with Crippen LogP contribution in [0.4, 0.5) is 0 Å². The van der Waals surface area contributed by atoms with Gasteiger partial charge < -0.3 is 9.84 Å². The average Bonchev–Trinajstić information content (AvgIpc) is 3.00. The van der Waals surface area contributed by atoms with Crippen molar-refractivity contribution in [2.24, 2.45) is 5.41 Å². The number of carboxylic acid groups (broad SMARTS) is 1. The molecule has 0 aliphatic rings. The number of carbonyl (C=O) groups is 1. The van der Waals surface area contributed by atoms with Crippen LogP contribution in [-0.4, -0.2) is 27.5 Å². The predicted molar refractivity (Wildman–Crippen MR) is 101 cm³/mol. The van der Waals surface area contributed by atoms with Crippen molar-refractivity contribution in [3.8, 4) is 0 Å². The van der Waals surface area contributed by atoms with Gasteiger partial charge in [0.1, 0.15) is 6.73 Å². The van der Waals surface area contributed by atoms with Crippen molar-refractivity contribution >= 4 is 5.97 Å². The molecule has 0 saturated heterocycles. The Kier molecular flexibility index (Phi) is 10.5. The van der Waals surface area contributed by atoms with Crippen molar-refractivity contribution in [3.63, 3.8) is 0 Å². The molecule has 0 spiro atoms. The van der Waals surface area contributed by atoms with Crippen molar-refractivity contribution in [1.82, 2.24) is 9.78 Å². The number of unbranched alkanes of at least 4 members (excludes halogenated alkanes) is 8. The molecule has 0 fully saturated rings. The van der Waals surface area contributed by atoms with Gasteiger partial charge in [0.25, 0.3) is 0 Å². The number of hydrogen-bond donors (Lipinski definition) is 1. The van der Waals surface area contributed by atoms with Crippen LogP contribution >= 0.6 is 0 Å². The maximum absolute atomic E-state index is 10.7. The van der Waals surface area contributed by atoms with E-state index >= 15 is 0 Å². The van der Waals surface area contributed by atoms with Crippen molar-refractivity contribution < 1.29 is 14.6 Å². The van der Waals surface area contributed by atoms with Gasteiger partial charge in [0.15, 0.2) is 0 Å². The SMILES string of the molecule is CC(C)(C)CCCCCCCCCCCOCn1cc(C(=O)O)cn1. The third kappa shape index (κ3) is 11.8. The molecular weight excluding hydrogens is 316 g/mol. The molecule has 5 heteroatoms. The summed E-state index contributed by atoms with van der Waals surface area (Å²) in [4.78, 5) is 10.7. The molecule has 0 aromatic carbocycles. The number of aromatic nitrogens is 2. The number of nitrogens with zero attached hydrogens (tertiary/aromatic N) is 2. The van der Waals surface area contributed by atoms with Crippen LogP contribution in [0.2, 0.25) is 0 Å². The van der Waals surface area contributed by atoms with E-state index in [0.717, 1.165) is 6.42 Å². The Balaban J connectivity index is 1.83. The largest absolute Gasteiger partial charge is 0.478 e. The van der Waals surface area contributed by atoms with E-state index in [1.54, 1.807) is 0 Å². The monoisotopic (exact) mass is 352 g/mol. The highest BCUT2D eigenvalue weighted by Gasteiger charge is 2.08. The first-order valence-corrected chi connectivity index (χ1v) is 9.72. The van der Waals surface area contributed by atoms with E-state index in [9.17, 15) is 4.79 Å². The molecule has 1 aromatic heterocycles. The molecule has 1 rings (SSSR count). The molecule has 0 unspecified atom stereocenters. The lowest BCUT2D eigenvalue weighted by Gasteiger charge is -2.17. The summed E-state index contributed by atoms with van der Waals surface area (Å²) in [6.07, 6.45) is 15.8. The first kappa shape index (κ1) is 21.7. The number of carboxylic acids is 1. The lowest BCUT2D eigenvalue weighted by molar-refractivity contribution is 0.0651. The number of ether oxygens (including phenoxy) is 1. The Morgan fingerprint density at radius 3 is 2.12 bits per heavy atom. The summed E-state index contributed by atoms with van der Waals surface area (Å²) in [5.74, 6) is -0.958. The van der Waals surface area contributed by atoms with Crippen LogP contribution in [0, 0.1) is 5.41 Å². The van der Waals surface area contributed by atoms with Crippen LogP contribution in [0.1, 0.15) is 95.3 Å². The third-order valence-electron chi connectivity index (χ3n) is 4.32. The van der Waals surface area contributed by atoms with E-state index in [1.807, 2.05) is 0 Å². The Morgan fingerprint density at radius 2 is 1.60 bits per heavy atom. The summed E-state index contributed by atoms with van der Waals surface area (Å²) < 4.78 is 7.04. The smallest absolute Gasteiger partial charge is 0.338 e. The zero-order chi connectivity index (χ0) is 18.5. The zero-order valence-electron chi connectivity index (χ0n) is 16.3. The molecule has 0 aliphatic heterocycles. The Morgan fingerprint density at radius 1 is 1.04 bits per heavy atom. The second-order valence-electron chi connectivity index (χ2n) is 8.10. The van der Waals surface area contributed by atoms with Crippen LogP contribution < -0.4 is 0 Å². The minimum Gasteiger partial charge on any atom is -0.478 e. The minimum atomic E-state index is -0.958. The van der Waals surface area contributed by atoms with Crippen LogP contribution in [0.15, 0.2) is 12.4 Å². The van der Waals surface area contributed by atoms with E-state index < -0.39 is 5.97 Å². The second-order valence-corrected chi connectivity index (χ2v) is 8.10.